The molecule has 0 aliphatic carbocycles. The lowest BCUT2D eigenvalue weighted by Gasteiger charge is -2.13. The number of rotatable bonds is 8. The van der Waals surface area contributed by atoms with E-state index in [1.54, 1.807) is 6.92 Å². The van der Waals surface area contributed by atoms with Crippen molar-refractivity contribution in [1.29, 1.82) is 0 Å². The number of thioether (sulfide) groups is 1. The monoisotopic (exact) mass is 353 g/mol. The Kier molecular flexibility index (Phi) is 7.52. The van der Waals surface area contributed by atoms with Crippen LogP contribution in [0, 0.1) is 11.7 Å². The van der Waals surface area contributed by atoms with Crippen LogP contribution >= 0.6 is 11.8 Å². The third kappa shape index (κ3) is 6.49. The van der Waals surface area contributed by atoms with Crippen LogP contribution < -0.4 is 16.0 Å². The highest BCUT2D eigenvalue weighted by atomic mass is 32.2. The molecule has 2 amide bonds. The van der Waals surface area contributed by atoms with Crippen LogP contribution in [0.3, 0.4) is 0 Å². The number of amides is 2. The smallest absolute Gasteiger partial charge is 0.234 e. The zero-order chi connectivity index (χ0) is 17.4. The second-order valence-corrected chi connectivity index (χ2v) is 7.28. The van der Waals surface area contributed by atoms with Gasteiger partial charge in [0.1, 0.15) is 5.82 Å². The summed E-state index contributed by atoms with van der Waals surface area (Å²) in [6, 6.07) is 5.59. The Hall–Kier alpha value is -1.60. The summed E-state index contributed by atoms with van der Waals surface area (Å²) in [6.45, 7) is 4.57. The Morgan fingerprint density at radius 2 is 2.12 bits per heavy atom. The average molecular weight is 353 g/mol. The van der Waals surface area contributed by atoms with Gasteiger partial charge in [-0.3, -0.25) is 9.59 Å². The van der Waals surface area contributed by atoms with Crippen LogP contribution in [0.15, 0.2) is 24.3 Å². The van der Waals surface area contributed by atoms with E-state index < -0.39 is 0 Å². The number of nitrogens with one attached hydrogen (secondary N) is 3. The third-order valence-corrected chi connectivity index (χ3v) is 5.12. The second kappa shape index (κ2) is 9.64. The summed E-state index contributed by atoms with van der Waals surface area (Å²) in [5.74, 6) is 0.234. The van der Waals surface area contributed by atoms with E-state index in [9.17, 15) is 14.0 Å². The lowest BCUT2D eigenvalue weighted by molar-refractivity contribution is -0.120. The van der Waals surface area contributed by atoms with Gasteiger partial charge in [0.2, 0.25) is 11.8 Å². The van der Waals surface area contributed by atoms with Gasteiger partial charge in [-0.2, -0.15) is 0 Å². The molecule has 0 bridgehead atoms. The van der Waals surface area contributed by atoms with Crippen molar-refractivity contribution in [2.75, 3.05) is 30.7 Å². The molecule has 2 atom stereocenters. The normalized spacial score (nSPS) is 18.2. The maximum absolute atomic E-state index is 12.8. The van der Waals surface area contributed by atoms with Gasteiger partial charge in [-0.15, -0.1) is 11.8 Å². The molecule has 5 nitrogen and oxygen atoms in total. The zero-order valence-corrected chi connectivity index (χ0v) is 14.6. The summed E-state index contributed by atoms with van der Waals surface area (Å²) in [7, 11) is 0. The van der Waals surface area contributed by atoms with Crippen molar-refractivity contribution < 1.29 is 14.0 Å². The van der Waals surface area contributed by atoms with Gasteiger partial charge in [-0.1, -0.05) is 0 Å². The molecule has 0 saturated carbocycles. The first-order valence-corrected chi connectivity index (χ1v) is 9.25. The number of hydrogen-bond donors (Lipinski definition) is 3. The minimum atomic E-state index is -0.346. The van der Waals surface area contributed by atoms with E-state index in [-0.39, 0.29) is 28.6 Å². The van der Waals surface area contributed by atoms with E-state index in [1.807, 2.05) is 0 Å². The fraction of sp³-hybridized carbons (Fsp3) is 0.529. The van der Waals surface area contributed by atoms with Crippen LogP contribution in [0.2, 0.25) is 0 Å². The predicted octanol–water partition coefficient (Wildman–Crippen LogP) is 2.00. The highest BCUT2D eigenvalue weighted by molar-refractivity contribution is 8.01. The average Bonchev–Trinajstić information content (AvgIpc) is 3.08. The third-order valence-electron chi connectivity index (χ3n) is 3.98. The van der Waals surface area contributed by atoms with Gasteiger partial charge in [0, 0.05) is 12.2 Å². The van der Waals surface area contributed by atoms with Crippen LogP contribution in [0.25, 0.3) is 0 Å². The highest BCUT2D eigenvalue weighted by Gasteiger charge is 2.17. The van der Waals surface area contributed by atoms with Gasteiger partial charge in [0.25, 0.3) is 0 Å². The molecule has 2 rings (SSSR count). The van der Waals surface area contributed by atoms with Gasteiger partial charge < -0.3 is 16.0 Å². The minimum absolute atomic E-state index is 0.0412. The maximum atomic E-state index is 12.8. The fourth-order valence-corrected chi connectivity index (χ4v) is 3.22. The molecule has 0 radical (unpaired) electrons. The molecule has 1 aromatic rings. The van der Waals surface area contributed by atoms with Crippen molar-refractivity contribution in [3.63, 3.8) is 0 Å². The first kappa shape index (κ1) is 18.7. The SMILES string of the molecule is CC(SCC(=O)Nc1ccc(F)cc1)C(=O)NCCC1CCNC1. The predicted molar refractivity (Wildman–Crippen MR) is 95.6 cm³/mol. The van der Waals surface area contributed by atoms with Gasteiger partial charge in [0.05, 0.1) is 11.0 Å². The molecule has 1 fully saturated rings. The standard InChI is InChI=1S/C17H24FN3O2S/c1-12(17(23)20-9-7-13-6-8-19-10-13)24-11-16(22)21-15-4-2-14(18)3-5-15/h2-5,12-13,19H,6-11H2,1H3,(H,20,23)(H,21,22). The lowest BCUT2D eigenvalue weighted by atomic mass is 10.1. The Morgan fingerprint density at radius 1 is 1.38 bits per heavy atom. The summed E-state index contributed by atoms with van der Waals surface area (Å²) in [5, 5.41) is 8.63. The largest absolute Gasteiger partial charge is 0.355 e. The number of hydrogen-bond acceptors (Lipinski definition) is 4. The van der Waals surface area contributed by atoms with Gasteiger partial charge in [0.15, 0.2) is 0 Å². The number of carbonyl (C=O) groups is 2. The first-order chi connectivity index (χ1) is 11.5. The minimum Gasteiger partial charge on any atom is -0.355 e. The summed E-state index contributed by atoms with van der Waals surface area (Å²) >= 11 is 1.29. The molecular weight excluding hydrogens is 329 g/mol. The Labute approximate surface area is 146 Å². The highest BCUT2D eigenvalue weighted by Crippen LogP contribution is 2.14. The van der Waals surface area contributed by atoms with E-state index in [0.717, 1.165) is 19.5 Å². The molecule has 1 aliphatic heterocycles. The second-order valence-electron chi connectivity index (χ2n) is 5.95. The molecule has 1 saturated heterocycles. The topological polar surface area (TPSA) is 70.2 Å². The van der Waals surface area contributed by atoms with Crippen LogP contribution in [0.4, 0.5) is 10.1 Å². The molecule has 132 valence electrons. The Balaban J connectivity index is 1.61. The molecule has 2 unspecified atom stereocenters. The zero-order valence-electron chi connectivity index (χ0n) is 13.8. The van der Waals surface area contributed by atoms with Crippen molar-refractivity contribution in [3.8, 4) is 0 Å². The molecule has 1 aromatic carbocycles. The van der Waals surface area contributed by atoms with Crippen molar-refractivity contribution in [2.24, 2.45) is 5.92 Å². The van der Waals surface area contributed by atoms with E-state index in [2.05, 4.69) is 16.0 Å². The van der Waals surface area contributed by atoms with E-state index in [1.165, 1.54) is 42.4 Å². The van der Waals surface area contributed by atoms with Crippen LogP contribution in [-0.4, -0.2) is 42.5 Å². The Morgan fingerprint density at radius 3 is 2.79 bits per heavy atom. The van der Waals surface area contributed by atoms with E-state index in [0.29, 0.717) is 18.2 Å². The molecule has 0 spiro atoms. The summed E-state index contributed by atoms with van der Waals surface area (Å²) in [4.78, 5) is 23.9. The summed E-state index contributed by atoms with van der Waals surface area (Å²) < 4.78 is 12.8. The van der Waals surface area contributed by atoms with Gasteiger partial charge in [-0.05, 0) is 63.0 Å². The quantitative estimate of drug-likeness (QED) is 0.669. The van der Waals surface area contributed by atoms with Crippen LogP contribution in [0.1, 0.15) is 19.8 Å². The Bertz CT molecular complexity index is 547. The molecule has 1 aliphatic rings. The molecule has 3 N–H and O–H groups in total. The number of halogens is 1. The molecule has 24 heavy (non-hydrogen) atoms. The van der Waals surface area contributed by atoms with Gasteiger partial charge >= 0.3 is 0 Å². The van der Waals surface area contributed by atoms with Crippen molar-refractivity contribution in [2.45, 2.75) is 25.0 Å². The van der Waals surface area contributed by atoms with Crippen LogP contribution in [0.5, 0.6) is 0 Å². The maximum Gasteiger partial charge on any atom is 0.234 e. The fourth-order valence-electron chi connectivity index (χ4n) is 2.51. The lowest BCUT2D eigenvalue weighted by Crippen LogP contribution is -2.33. The van der Waals surface area contributed by atoms with E-state index >= 15 is 0 Å². The molecule has 0 aromatic heterocycles. The summed E-state index contributed by atoms with van der Waals surface area (Å²) in [6.07, 6.45) is 2.16. The van der Waals surface area contributed by atoms with Gasteiger partial charge in [-0.25, -0.2) is 4.39 Å². The molecule has 7 heteroatoms. The van der Waals surface area contributed by atoms with E-state index in [4.69, 9.17) is 0 Å². The summed E-state index contributed by atoms with van der Waals surface area (Å²) in [5.41, 5.74) is 0.546. The van der Waals surface area contributed by atoms with Crippen molar-refractivity contribution >= 4 is 29.3 Å². The first-order valence-electron chi connectivity index (χ1n) is 8.20. The molecular formula is C17H24FN3O2S. The van der Waals surface area contributed by atoms with Crippen molar-refractivity contribution in [1.82, 2.24) is 10.6 Å². The van der Waals surface area contributed by atoms with Crippen LogP contribution in [-0.2, 0) is 9.59 Å². The molecule has 1 heterocycles. The number of anilines is 1. The number of benzene rings is 1. The van der Waals surface area contributed by atoms with Crippen molar-refractivity contribution in [3.05, 3.63) is 30.1 Å². The number of carbonyl (C=O) groups excluding carboxylic acids is 2.